The van der Waals surface area contributed by atoms with Crippen LogP contribution in [0.3, 0.4) is 0 Å². The third-order valence-electron chi connectivity index (χ3n) is 2.30. The number of carbonyl (C=O) groups is 1. The van der Waals surface area contributed by atoms with Crippen molar-refractivity contribution in [3.8, 4) is 0 Å². The summed E-state index contributed by atoms with van der Waals surface area (Å²) in [6.07, 6.45) is 3.70. The lowest BCUT2D eigenvalue weighted by Crippen LogP contribution is -2.12. The van der Waals surface area contributed by atoms with Crippen LogP contribution >= 0.6 is 0 Å². The van der Waals surface area contributed by atoms with E-state index in [1.807, 2.05) is 6.92 Å². The minimum Gasteiger partial charge on any atom is -0.477 e. The van der Waals surface area contributed by atoms with Crippen LogP contribution < -0.4 is 5.32 Å². The van der Waals surface area contributed by atoms with E-state index in [4.69, 9.17) is 5.11 Å². The molecule has 0 unspecified atom stereocenters. The Bertz CT molecular complexity index is 355. The summed E-state index contributed by atoms with van der Waals surface area (Å²) in [7, 11) is 0. The van der Waals surface area contributed by atoms with E-state index in [1.165, 1.54) is 6.20 Å². The number of imidazole rings is 1. The van der Waals surface area contributed by atoms with Crippen LogP contribution in [-0.2, 0) is 6.54 Å². The number of nitrogens with zero attached hydrogens (tertiary/aromatic N) is 2. The van der Waals surface area contributed by atoms with Gasteiger partial charge in [-0.2, -0.15) is 0 Å². The highest BCUT2D eigenvalue weighted by molar-refractivity contribution is 5.86. The molecule has 1 aliphatic rings. The standard InChI is InChI=1S/C9H13N3O2/c1-2-12-7(8(13)14)5-10-9(12)11-6-3-4-6/h5-6H,2-4H2,1H3,(H,10,11)(H,13,14). The molecule has 0 saturated heterocycles. The smallest absolute Gasteiger partial charge is 0.354 e. The summed E-state index contributed by atoms with van der Waals surface area (Å²) in [5.74, 6) is -0.254. The zero-order chi connectivity index (χ0) is 10.1. The lowest BCUT2D eigenvalue weighted by atomic mass is 10.4. The maximum absolute atomic E-state index is 10.8. The largest absolute Gasteiger partial charge is 0.477 e. The first-order valence-electron chi connectivity index (χ1n) is 4.77. The third kappa shape index (κ3) is 1.57. The Morgan fingerprint density at radius 3 is 3.00 bits per heavy atom. The van der Waals surface area contributed by atoms with Gasteiger partial charge in [0.05, 0.1) is 6.20 Å². The van der Waals surface area contributed by atoms with Gasteiger partial charge in [-0.3, -0.25) is 0 Å². The van der Waals surface area contributed by atoms with Gasteiger partial charge in [0.25, 0.3) is 0 Å². The van der Waals surface area contributed by atoms with Crippen LogP contribution in [0.4, 0.5) is 5.95 Å². The van der Waals surface area contributed by atoms with E-state index in [2.05, 4.69) is 10.3 Å². The van der Waals surface area contributed by atoms with E-state index >= 15 is 0 Å². The molecule has 0 bridgehead atoms. The van der Waals surface area contributed by atoms with Crippen LogP contribution in [0.2, 0.25) is 0 Å². The molecule has 0 aromatic carbocycles. The van der Waals surface area contributed by atoms with Gasteiger partial charge in [0.1, 0.15) is 5.69 Å². The number of rotatable bonds is 4. The number of hydrogen-bond acceptors (Lipinski definition) is 3. The number of aromatic nitrogens is 2. The number of hydrogen-bond donors (Lipinski definition) is 2. The molecule has 1 heterocycles. The molecule has 1 saturated carbocycles. The van der Waals surface area contributed by atoms with Gasteiger partial charge in [-0.1, -0.05) is 0 Å². The topological polar surface area (TPSA) is 67.2 Å². The van der Waals surface area contributed by atoms with Crippen LogP contribution in [0.25, 0.3) is 0 Å². The first-order chi connectivity index (χ1) is 6.72. The minimum absolute atomic E-state index is 0.246. The van der Waals surface area contributed by atoms with E-state index in [0.717, 1.165) is 12.8 Å². The van der Waals surface area contributed by atoms with Crippen molar-refractivity contribution in [2.75, 3.05) is 5.32 Å². The first kappa shape index (κ1) is 9.05. The third-order valence-corrected chi connectivity index (χ3v) is 2.30. The van der Waals surface area contributed by atoms with Crippen LogP contribution in [0, 0.1) is 0 Å². The second-order valence-corrected chi connectivity index (χ2v) is 3.44. The summed E-state index contributed by atoms with van der Waals surface area (Å²) in [6.45, 7) is 2.53. The second-order valence-electron chi connectivity index (χ2n) is 3.44. The molecule has 76 valence electrons. The molecule has 0 radical (unpaired) electrons. The summed E-state index contributed by atoms with van der Waals surface area (Å²) < 4.78 is 1.68. The summed E-state index contributed by atoms with van der Waals surface area (Å²) in [4.78, 5) is 14.9. The molecule has 1 aromatic rings. The number of nitrogens with one attached hydrogen (secondary N) is 1. The van der Waals surface area contributed by atoms with Crippen LogP contribution in [0.15, 0.2) is 6.20 Å². The van der Waals surface area contributed by atoms with E-state index in [-0.39, 0.29) is 5.69 Å². The van der Waals surface area contributed by atoms with Gasteiger partial charge in [0.15, 0.2) is 0 Å². The summed E-state index contributed by atoms with van der Waals surface area (Å²) in [5.41, 5.74) is 0.246. The first-order valence-corrected chi connectivity index (χ1v) is 4.77. The molecule has 1 aliphatic carbocycles. The molecule has 14 heavy (non-hydrogen) atoms. The van der Waals surface area contributed by atoms with Crippen LogP contribution in [0.5, 0.6) is 0 Å². The highest BCUT2D eigenvalue weighted by atomic mass is 16.4. The zero-order valence-corrected chi connectivity index (χ0v) is 8.03. The van der Waals surface area contributed by atoms with Gasteiger partial charge in [0, 0.05) is 12.6 Å². The van der Waals surface area contributed by atoms with Gasteiger partial charge >= 0.3 is 5.97 Å². The van der Waals surface area contributed by atoms with Crippen LogP contribution in [-0.4, -0.2) is 26.7 Å². The van der Waals surface area contributed by atoms with Gasteiger partial charge in [0.2, 0.25) is 5.95 Å². The fourth-order valence-electron chi connectivity index (χ4n) is 1.39. The molecule has 5 nitrogen and oxygen atoms in total. The van der Waals surface area contributed by atoms with Crippen molar-refractivity contribution < 1.29 is 9.90 Å². The Kier molecular flexibility index (Phi) is 2.15. The number of carboxylic acids is 1. The summed E-state index contributed by atoms with van der Waals surface area (Å²) in [6, 6.07) is 0.490. The summed E-state index contributed by atoms with van der Waals surface area (Å²) in [5, 5.41) is 12.1. The molecular formula is C9H13N3O2. The van der Waals surface area contributed by atoms with Crippen molar-refractivity contribution in [3.63, 3.8) is 0 Å². The number of carboxylic acid groups (broad SMARTS) is 1. The molecule has 2 rings (SSSR count). The molecule has 1 aromatic heterocycles. The lowest BCUT2D eigenvalue weighted by molar-refractivity contribution is 0.0685. The fraction of sp³-hybridized carbons (Fsp3) is 0.556. The van der Waals surface area contributed by atoms with E-state index < -0.39 is 5.97 Å². The Morgan fingerprint density at radius 1 is 1.79 bits per heavy atom. The monoisotopic (exact) mass is 195 g/mol. The number of aromatic carboxylic acids is 1. The van der Waals surface area contributed by atoms with Crippen molar-refractivity contribution in [3.05, 3.63) is 11.9 Å². The molecule has 0 amide bonds. The molecule has 1 fully saturated rings. The molecule has 5 heteroatoms. The predicted molar refractivity (Wildman–Crippen MR) is 51.5 cm³/mol. The highest BCUT2D eigenvalue weighted by Gasteiger charge is 2.24. The van der Waals surface area contributed by atoms with Gasteiger partial charge in [-0.15, -0.1) is 0 Å². The molecular weight excluding hydrogens is 182 g/mol. The fourth-order valence-corrected chi connectivity index (χ4v) is 1.39. The number of anilines is 1. The Morgan fingerprint density at radius 2 is 2.50 bits per heavy atom. The van der Waals surface area contributed by atoms with E-state index in [1.54, 1.807) is 4.57 Å². The maximum Gasteiger partial charge on any atom is 0.354 e. The minimum atomic E-state index is -0.928. The average molecular weight is 195 g/mol. The highest BCUT2D eigenvalue weighted by Crippen LogP contribution is 2.24. The maximum atomic E-state index is 10.8. The van der Waals surface area contributed by atoms with Crippen molar-refractivity contribution in [1.82, 2.24) is 9.55 Å². The Balaban J connectivity index is 2.25. The van der Waals surface area contributed by atoms with Gasteiger partial charge in [-0.05, 0) is 19.8 Å². The van der Waals surface area contributed by atoms with Gasteiger partial charge in [-0.25, -0.2) is 9.78 Å². The SMILES string of the molecule is CCn1c(C(=O)O)cnc1NC1CC1. The Labute approximate surface area is 81.8 Å². The van der Waals surface area contributed by atoms with Crippen molar-refractivity contribution in [2.24, 2.45) is 0 Å². The average Bonchev–Trinajstić information content (AvgIpc) is 2.83. The van der Waals surface area contributed by atoms with Crippen LogP contribution in [0.1, 0.15) is 30.3 Å². The van der Waals surface area contributed by atoms with Gasteiger partial charge < -0.3 is 15.0 Å². The zero-order valence-electron chi connectivity index (χ0n) is 8.03. The Hall–Kier alpha value is -1.52. The van der Waals surface area contributed by atoms with Crippen molar-refractivity contribution in [2.45, 2.75) is 32.4 Å². The quantitative estimate of drug-likeness (QED) is 0.757. The molecule has 0 spiro atoms. The normalized spacial score (nSPS) is 15.5. The molecule has 2 N–H and O–H groups in total. The molecule has 0 atom stereocenters. The van der Waals surface area contributed by atoms with E-state index in [9.17, 15) is 4.79 Å². The lowest BCUT2D eigenvalue weighted by Gasteiger charge is -2.07. The predicted octanol–water partition coefficient (Wildman–Crippen LogP) is 1.18. The van der Waals surface area contributed by atoms with E-state index in [0.29, 0.717) is 18.5 Å². The summed E-state index contributed by atoms with van der Waals surface area (Å²) >= 11 is 0. The second kappa shape index (κ2) is 3.32. The van der Waals surface area contributed by atoms with Crippen molar-refractivity contribution >= 4 is 11.9 Å². The van der Waals surface area contributed by atoms with Crippen molar-refractivity contribution in [1.29, 1.82) is 0 Å². The molecule has 0 aliphatic heterocycles.